The molecule has 18 heavy (non-hydrogen) atoms. The zero-order chi connectivity index (χ0) is 13.7. The van der Waals surface area contributed by atoms with Gasteiger partial charge in [-0.05, 0) is 12.5 Å². The van der Waals surface area contributed by atoms with Gasteiger partial charge in [0.2, 0.25) is 0 Å². The highest BCUT2D eigenvalue weighted by atomic mass is 32.2. The van der Waals surface area contributed by atoms with Crippen LogP contribution in [0.2, 0.25) is 0 Å². The third kappa shape index (κ3) is 4.40. The normalized spacial score (nSPS) is 13.9. The number of benzene rings is 1. The first-order valence-corrected chi connectivity index (χ1v) is 7.03. The van der Waals surface area contributed by atoms with Crippen LogP contribution in [0.15, 0.2) is 18.2 Å². The number of rotatable bonds is 6. The lowest BCUT2D eigenvalue weighted by Gasteiger charge is -2.10. The van der Waals surface area contributed by atoms with E-state index in [9.17, 15) is 18.7 Å². The van der Waals surface area contributed by atoms with Crippen molar-refractivity contribution in [1.82, 2.24) is 0 Å². The molecule has 0 heterocycles. The van der Waals surface area contributed by atoms with E-state index < -0.39 is 21.5 Å². The fourth-order valence-electron chi connectivity index (χ4n) is 1.37. The Kier molecular flexibility index (Phi) is 5.21. The second-order valence-electron chi connectivity index (χ2n) is 3.98. The van der Waals surface area contributed by atoms with E-state index in [-0.39, 0.29) is 10.9 Å². The van der Waals surface area contributed by atoms with Crippen LogP contribution in [0.5, 0.6) is 0 Å². The molecule has 7 heteroatoms. The van der Waals surface area contributed by atoms with Gasteiger partial charge in [0.25, 0.3) is 5.69 Å². The maximum Gasteiger partial charge on any atom is 0.274 e. The molecule has 1 rings (SSSR count). The highest BCUT2D eigenvalue weighted by Gasteiger charge is 2.10. The molecule has 0 spiro atoms. The number of nitrogens with one attached hydrogen (secondary N) is 1. The van der Waals surface area contributed by atoms with Crippen molar-refractivity contribution in [3.63, 3.8) is 0 Å². The molecule has 0 fully saturated rings. The first-order valence-electron chi connectivity index (χ1n) is 5.41. The van der Waals surface area contributed by atoms with Crippen LogP contribution >= 0.6 is 0 Å². The van der Waals surface area contributed by atoms with E-state index >= 15 is 0 Å². The van der Waals surface area contributed by atoms with Crippen LogP contribution in [0.1, 0.15) is 13.3 Å². The Morgan fingerprint density at radius 3 is 2.72 bits per heavy atom. The maximum atomic E-state index is 13.1. The summed E-state index contributed by atoms with van der Waals surface area (Å²) >= 11 is 0. The molecule has 0 aliphatic carbocycles. The van der Waals surface area contributed by atoms with Gasteiger partial charge in [0, 0.05) is 40.6 Å². The van der Waals surface area contributed by atoms with Crippen molar-refractivity contribution in [3.8, 4) is 0 Å². The highest BCUT2D eigenvalue weighted by molar-refractivity contribution is 7.84. The zero-order valence-electron chi connectivity index (χ0n) is 10.2. The predicted molar refractivity (Wildman–Crippen MR) is 69.7 cm³/mol. The smallest absolute Gasteiger partial charge is 0.274 e. The molecular formula is C11H15FN2O3S. The molecular weight excluding hydrogens is 259 g/mol. The third-order valence-electron chi connectivity index (χ3n) is 2.54. The fourth-order valence-corrected chi connectivity index (χ4v) is 1.82. The summed E-state index contributed by atoms with van der Waals surface area (Å²) in [5.41, 5.74) is 0.0698. The first-order chi connectivity index (χ1) is 8.40. The van der Waals surface area contributed by atoms with Gasteiger partial charge in [-0.1, -0.05) is 6.92 Å². The standard InChI is InChI=1S/C11H15FN2O3S/c1-8(18(2)17)3-4-13-10-5-9(12)6-11(7-10)14(15)16/h5-8,13H,3-4H2,1-2H3. The van der Waals surface area contributed by atoms with Gasteiger partial charge in [0.15, 0.2) is 0 Å². The molecule has 0 amide bonds. The SMILES string of the molecule is CC(CCNc1cc(F)cc([N+](=O)[O-])c1)S(C)=O. The van der Waals surface area contributed by atoms with Crippen molar-refractivity contribution in [2.24, 2.45) is 0 Å². The number of halogens is 1. The largest absolute Gasteiger partial charge is 0.385 e. The van der Waals surface area contributed by atoms with Crippen LogP contribution < -0.4 is 5.32 Å². The Bertz CT molecular complexity index is 468. The summed E-state index contributed by atoms with van der Waals surface area (Å²) in [7, 11) is -0.907. The molecule has 0 saturated heterocycles. The molecule has 100 valence electrons. The Morgan fingerprint density at radius 2 is 2.17 bits per heavy atom. The summed E-state index contributed by atoms with van der Waals surface area (Å²) in [6, 6.07) is 3.34. The monoisotopic (exact) mass is 274 g/mol. The second-order valence-corrected chi connectivity index (χ2v) is 5.78. The summed E-state index contributed by atoms with van der Waals surface area (Å²) < 4.78 is 24.2. The number of non-ortho nitro benzene ring substituents is 1. The molecule has 0 aromatic heterocycles. The number of nitro groups is 1. The lowest BCUT2D eigenvalue weighted by Crippen LogP contribution is -2.14. The van der Waals surface area contributed by atoms with Gasteiger partial charge in [0.1, 0.15) is 5.82 Å². The van der Waals surface area contributed by atoms with Crippen LogP contribution in [0, 0.1) is 15.9 Å². The molecule has 1 aromatic rings. The maximum absolute atomic E-state index is 13.1. The Labute approximate surface area is 107 Å². The molecule has 0 bridgehead atoms. The van der Waals surface area contributed by atoms with Crippen molar-refractivity contribution in [3.05, 3.63) is 34.1 Å². The third-order valence-corrected chi connectivity index (χ3v) is 3.91. The number of hydrogen-bond acceptors (Lipinski definition) is 4. The lowest BCUT2D eigenvalue weighted by molar-refractivity contribution is -0.385. The molecule has 0 saturated carbocycles. The van der Waals surface area contributed by atoms with Gasteiger partial charge in [-0.3, -0.25) is 14.3 Å². The minimum absolute atomic E-state index is 0.0287. The summed E-state index contributed by atoms with van der Waals surface area (Å²) in [4.78, 5) is 9.91. The molecule has 2 unspecified atom stereocenters. The van der Waals surface area contributed by atoms with Crippen molar-refractivity contribution in [2.75, 3.05) is 18.1 Å². The lowest BCUT2D eigenvalue weighted by atomic mass is 10.2. The number of anilines is 1. The Hall–Kier alpha value is -1.50. The molecule has 0 radical (unpaired) electrons. The zero-order valence-corrected chi connectivity index (χ0v) is 11.0. The van der Waals surface area contributed by atoms with Crippen LogP contribution in [0.4, 0.5) is 15.8 Å². The van der Waals surface area contributed by atoms with Gasteiger partial charge in [-0.25, -0.2) is 4.39 Å². The summed E-state index contributed by atoms with van der Waals surface area (Å²) in [5.74, 6) is -0.654. The minimum Gasteiger partial charge on any atom is -0.385 e. The van der Waals surface area contributed by atoms with Crippen molar-refractivity contribution < 1.29 is 13.5 Å². The van der Waals surface area contributed by atoms with Crippen LogP contribution in [-0.4, -0.2) is 27.2 Å². The Balaban J connectivity index is 2.62. The first kappa shape index (κ1) is 14.6. The van der Waals surface area contributed by atoms with E-state index in [1.165, 1.54) is 12.1 Å². The average Bonchev–Trinajstić information content (AvgIpc) is 2.27. The molecule has 1 aromatic carbocycles. The topological polar surface area (TPSA) is 72.2 Å². The van der Waals surface area contributed by atoms with E-state index in [0.717, 1.165) is 6.07 Å². The van der Waals surface area contributed by atoms with E-state index in [2.05, 4.69) is 5.32 Å². The van der Waals surface area contributed by atoms with Gasteiger partial charge < -0.3 is 5.32 Å². The predicted octanol–water partition coefficient (Wildman–Crippen LogP) is 2.30. The molecule has 0 aliphatic heterocycles. The van der Waals surface area contributed by atoms with E-state index in [4.69, 9.17) is 0 Å². The van der Waals surface area contributed by atoms with Crippen molar-refractivity contribution >= 4 is 22.2 Å². The quantitative estimate of drug-likeness (QED) is 0.638. The average molecular weight is 274 g/mol. The van der Waals surface area contributed by atoms with Gasteiger partial charge in [-0.2, -0.15) is 0 Å². The van der Waals surface area contributed by atoms with E-state index in [0.29, 0.717) is 18.7 Å². The fraction of sp³-hybridized carbons (Fsp3) is 0.455. The minimum atomic E-state index is -0.907. The van der Waals surface area contributed by atoms with Gasteiger partial charge >= 0.3 is 0 Å². The molecule has 0 aliphatic rings. The number of hydrogen-bond donors (Lipinski definition) is 1. The van der Waals surface area contributed by atoms with Crippen molar-refractivity contribution in [2.45, 2.75) is 18.6 Å². The summed E-state index contributed by atoms with van der Waals surface area (Å²) in [6.07, 6.45) is 2.27. The van der Waals surface area contributed by atoms with E-state index in [1.807, 2.05) is 6.92 Å². The highest BCUT2D eigenvalue weighted by Crippen LogP contribution is 2.20. The van der Waals surface area contributed by atoms with Crippen molar-refractivity contribution in [1.29, 1.82) is 0 Å². The molecule has 5 nitrogen and oxygen atoms in total. The van der Waals surface area contributed by atoms with Gasteiger partial charge in [0.05, 0.1) is 11.0 Å². The molecule has 1 N–H and O–H groups in total. The molecule has 2 atom stereocenters. The van der Waals surface area contributed by atoms with Gasteiger partial charge in [-0.15, -0.1) is 0 Å². The van der Waals surface area contributed by atoms with E-state index in [1.54, 1.807) is 6.26 Å². The van der Waals surface area contributed by atoms with Crippen LogP contribution in [0.3, 0.4) is 0 Å². The number of nitrogens with zero attached hydrogens (tertiary/aromatic N) is 1. The van der Waals surface area contributed by atoms with Crippen LogP contribution in [0.25, 0.3) is 0 Å². The summed E-state index contributed by atoms with van der Waals surface area (Å²) in [5, 5.41) is 13.5. The Morgan fingerprint density at radius 1 is 1.50 bits per heavy atom. The van der Waals surface area contributed by atoms with Crippen LogP contribution in [-0.2, 0) is 10.8 Å². The summed E-state index contributed by atoms with van der Waals surface area (Å²) in [6.45, 7) is 2.34. The number of nitro benzene ring substituents is 1. The second kappa shape index (κ2) is 6.44.